The van der Waals surface area contributed by atoms with Crippen LogP contribution >= 0.6 is 0 Å². The maximum atomic E-state index is 12.9. The van der Waals surface area contributed by atoms with Crippen molar-refractivity contribution in [2.75, 3.05) is 47.5 Å². The average molecular weight is 1080 g/mol. The number of carbonyl (C=O) groups is 3. The Kier molecular flexibility index (Phi) is 58.1. The number of aliphatic carboxylic acids is 1. The summed E-state index contributed by atoms with van der Waals surface area (Å²) in [6.45, 7) is 4.81. The van der Waals surface area contributed by atoms with E-state index in [-0.39, 0.29) is 32.2 Å². The van der Waals surface area contributed by atoms with E-state index in [0.717, 1.165) is 38.5 Å². The van der Waals surface area contributed by atoms with Crippen LogP contribution < -0.4 is 5.11 Å². The summed E-state index contributed by atoms with van der Waals surface area (Å²) in [6.07, 6.45) is 66.5. The molecule has 0 bridgehead atoms. The number of carboxylic acid groups (broad SMARTS) is 1. The smallest absolute Gasteiger partial charge is 0.306 e. The van der Waals surface area contributed by atoms with Gasteiger partial charge in [0.1, 0.15) is 13.2 Å². The number of ether oxygens (including phenoxy) is 4. The molecule has 0 saturated carbocycles. The number of rotatable bonds is 64. The van der Waals surface area contributed by atoms with E-state index in [1.165, 1.54) is 289 Å². The van der Waals surface area contributed by atoms with Crippen molar-refractivity contribution >= 4 is 17.9 Å². The minimum absolute atomic E-state index is 0.153. The van der Waals surface area contributed by atoms with Crippen molar-refractivity contribution in [3.63, 3.8) is 0 Å². The summed E-state index contributed by atoms with van der Waals surface area (Å²) in [5.41, 5.74) is 0. The van der Waals surface area contributed by atoms with Crippen LogP contribution in [-0.2, 0) is 33.3 Å². The number of nitrogens with zero attached hydrogens (tertiary/aromatic N) is 1. The molecule has 0 aromatic carbocycles. The fourth-order valence-electron chi connectivity index (χ4n) is 10.4. The topological polar surface area (TPSA) is 111 Å². The van der Waals surface area contributed by atoms with Crippen LogP contribution in [0.4, 0.5) is 0 Å². The Morgan fingerprint density at radius 2 is 0.592 bits per heavy atom. The van der Waals surface area contributed by atoms with Crippen molar-refractivity contribution in [2.45, 2.75) is 367 Å². The zero-order valence-electron chi connectivity index (χ0n) is 51.7. The largest absolute Gasteiger partial charge is 0.545 e. The molecule has 0 aromatic heterocycles. The monoisotopic (exact) mass is 1080 g/mol. The standard InChI is InChI=1S/C67H131NO8/c1-6-8-10-12-14-16-18-20-21-22-23-24-25-26-27-28-29-30-31-32-33-34-35-36-37-38-39-40-41-42-43-44-45-46-48-50-52-54-56-58-65(70)76-63(62-75-67(66(71)72)73-60-59-68(3,4)5)61-74-64(69)57-55-53-51-49-47-19-17-15-13-11-9-7-2/h63,67H,6-62H2,1-5H3. The van der Waals surface area contributed by atoms with Gasteiger partial charge in [-0.15, -0.1) is 0 Å². The minimum atomic E-state index is -1.61. The van der Waals surface area contributed by atoms with E-state index in [1.807, 2.05) is 21.1 Å². The molecule has 0 amide bonds. The molecule has 0 rings (SSSR count). The van der Waals surface area contributed by atoms with Crippen molar-refractivity contribution < 1.29 is 42.9 Å². The second-order valence-electron chi connectivity index (χ2n) is 24.5. The Balaban J connectivity index is 3.85. The van der Waals surface area contributed by atoms with Gasteiger partial charge in [0.15, 0.2) is 12.4 Å². The molecule has 0 aliphatic heterocycles. The molecule has 0 aromatic rings. The van der Waals surface area contributed by atoms with Gasteiger partial charge in [0.2, 0.25) is 0 Å². The lowest BCUT2D eigenvalue weighted by molar-refractivity contribution is -0.870. The van der Waals surface area contributed by atoms with Crippen LogP contribution in [0, 0.1) is 0 Å². The van der Waals surface area contributed by atoms with Gasteiger partial charge < -0.3 is 33.3 Å². The lowest BCUT2D eigenvalue weighted by atomic mass is 10.0. The summed E-state index contributed by atoms with van der Waals surface area (Å²) >= 11 is 0. The number of quaternary nitrogens is 1. The highest BCUT2D eigenvalue weighted by molar-refractivity contribution is 5.70. The van der Waals surface area contributed by atoms with Crippen molar-refractivity contribution in [3.8, 4) is 0 Å². The molecule has 0 N–H and O–H groups in total. The number of likely N-dealkylation sites (N-methyl/N-ethyl adjacent to an activating group) is 1. The summed E-state index contributed by atoms with van der Waals surface area (Å²) in [7, 11) is 5.94. The summed E-state index contributed by atoms with van der Waals surface area (Å²) in [6, 6.07) is 0. The first kappa shape index (κ1) is 74.3. The fraction of sp³-hybridized carbons (Fsp3) is 0.955. The maximum absolute atomic E-state index is 12.9. The second kappa shape index (κ2) is 59.4. The van der Waals surface area contributed by atoms with Crippen LogP contribution in [0.3, 0.4) is 0 Å². The average Bonchev–Trinajstić information content (AvgIpc) is 3.39. The van der Waals surface area contributed by atoms with E-state index in [9.17, 15) is 19.5 Å². The quantitative estimate of drug-likeness (QED) is 0.0256. The van der Waals surface area contributed by atoms with Gasteiger partial charge in [-0.2, -0.15) is 0 Å². The number of hydrogen-bond donors (Lipinski definition) is 0. The second-order valence-corrected chi connectivity index (χ2v) is 24.5. The van der Waals surface area contributed by atoms with Crippen LogP contribution in [0.5, 0.6) is 0 Å². The molecule has 2 unspecified atom stereocenters. The number of hydrogen-bond acceptors (Lipinski definition) is 8. The Hall–Kier alpha value is -1.71. The molecule has 0 aliphatic carbocycles. The summed E-state index contributed by atoms with van der Waals surface area (Å²) in [4.78, 5) is 37.2. The van der Waals surface area contributed by atoms with Crippen LogP contribution in [0.2, 0.25) is 0 Å². The maximum Gasteiger partial charge on any atom is 0.306 e. The van der Waals surface area contributed by atoms with Crippen molar-refractivity contribution in [3.05, 3.63) is 0 Å². The molecule has 76 heavy (non-hydrogen) atoms. The predicted molar refractivity (Wildman–Crippen MR) is 320 cm³/mol. The third-order valence-corrected chi connectivity index (χ3v) is 15.6. The van der Waals surface area contributed by atoms with Gasteiger partial charge in [-0.25, -0.2) is 0 Å². The third-order valence-electron chi connectivity index (χ3n) is 15.6. The number of unbranched alkanes of at least 4 members (excludes halogenated alkanes) is 49. The molecule has 0 spiro atoms. The van der Waals surface area contributed by atoms with E-state index < -0.39 is 24.3 Å². The van der Waals surface area contributed by atoms with E-state index >= 15 is 0 Å². The lowest BCUT2D eigenvalue weighted by Crippen LogP contribution is -2.44. The molecule has 0 aliphatic rings. The molecule has 0 radical (unpaired) electrons. The Morgan fingerprint density at radius 1 is 0.342 bits per heavy atom. The van der Waals surface area contributed by atoms with E-state index in [1.54, 1.807) is 0 Å². The molecule has 452 valence electrons. The van der Waals surface area contributed by atoms with Crippen LogP contribution in [0.15, 0.2) is 0 Å². The van der Waals surface area contributed by atoms with Crippen molar-refractivity contribution in [2.24, 2.45) is 0 Å². The van der Waals surface area contributed by atoms with Gasteiger partial charge in [-0.3, -0.25) is 9.59 Å². The highest BCUT2D eigenvalue weighted by atomic mass is 16.7. The Bertz CT molecular complexity index is 1210. The van der Waals surface area contributed by atoms with Gasteiger partial charge in [0.05, 0.1) is 40.3 Å². The molecule has 9 nitrogen and oxygen atoms in total. The Labute approximate surface area is 473 Å². The first-order valence-corrected chi connectivity index (χ1v) is 33.7. The van der Waals surface area contributed by atoms with E-state index in [0.29, 0.717) is 17.4 Å². The molecule has 0 fully saturated rings. The highest BCUT2D eigenvalue weighted by Crippen LogP contribution is 2.19. The molecule has 2 atom stereocenters. The van der Waals surface area contributed by atoms with Crippen LogP contribution in [-0.4, -0.2) is 82.3 Å². The minimum Gasteiger partial charge on any atom is -0.545 e. The van der Waals surface area contributed by atoms with E-state index in [2.05, 4.69) is 13.8 Å². The normalized spacial score (nSPS) is 12.6. The highest BCUT2D eigenvalue weighted by Gasteiger charge is 2.22. The summed E-state index contributed by atoms with van der Waals surface area (Å²) in [5, 5.41) is 11.8. The number of esters is 2. The van der Waals surface area contributed by atoms with Gasteiger partial charge in [0.25, 0.3) is 0 Å². The zero-order valence-corrected chi connectivity index (χ0v) is 51.7. The third kappa shape index (κ3) is 59.9. The fourth-order valence-corrected chi connectivity index (χ4v) is 10.4. The lowest BCUT2D eigenvalue weighted by Gasteiger charge is -2.26. The first-order chi connectivity index (χ1) is 37.1. The predicted octanol–water partition coefficient (Wildman–Crippen LogP) is 19.0. The SMILES string of the molecule is CCCCCCCCCCCCCCCCCCCCCCCCCCCCCCCCCCCCCCCCCC(=O)OC(COC(=O)CCCCCCCCCCCCCC)COC(OCC[N+](C)(C)C)C(=O)[O-]. The molecular formula is C67H131NO8. The van der Waals surface area contributed by atoms with Gasteiger partial charge in [-0.05, 0) is 12.8 Å². The van der Waals surface area contributed by atoms with Gasteiger partial charge in [0, 0.05) is 12.8 Å². The van der Waals surface area contributed by atoms with Crippen LogP contribution in [0.1, 0.15) is 354 Å². The van der Waals surface area contributed by atoms with Gasteiger partial charge >= 0.3 is 11.9 Å². The van der Waals surface area contributed by atoms with Gasteiger partial charge in [-0.1, -0.05) is 328 Å². The Morgan fingerprint density at radius 3 is 0.842 bits per heavy atom. The zero-order chi connectivity index (χ0) is 55.5. The molecule has 9 heteroatoms. The molecule has 0 heterocycles. The molecular weight excluding hydrogens is 947 g/mol. The number of carbonyl (C=O) groups excluding carboxylic acids is 3. The number of carboxylic acids is 1. The van der Waals surface area contributed by atoms with E-state index in [4.69, 9.17) is 18.9 Å². The van der Waals surface area contributed by atoms with Crippen LogP contribution in [0.25, 0.3) is 0 Å². The molecule has 0 saturated heterocycles. The van der Waals surface area contributed by atoms with Crippen molar-refractivity contribution in [1.29, 1.82) is 0 Å². The summed E-state index contributed by atoms with van der Waals surface area (Å²) in [5.74, 6) is -2.25. The first-order valence-electron chi connectivity index (χ1n) is 33.7. The van der Waals surface area contributed by atoms with Crippen molar-refractivity contribution in [1.82, 2.24) is 0 Å². The summed E-state index contributed by atoms with van der Waals surface area (Å²) < 4.78 is 22.7.